The standard InChI is InChI=1S/C26H24N2O2/c1-17-23(26(30)28-25(18(2)29)20-13-7-4-8-14-20)21-15-9-10-16-22(21)27-24(17)19-11-5-3-6-12-19/h3-16,18,25,29H,1-2H3,(H,28,30)/t18-,25-/m1/s1. The van der Waals surface area contributed by atoms with Gasteiger partial charge >= 0.3 is 0 Å². The summed E-state index contributed by atoms with van der Waals surface area (Å²) in [6, 6.07) is 26.6. The number of nitrogens with zero attached hydrogens (tertiary/aromatic N) is 1. The van der Waals surface area contributed by atoms with Gasteiger partial charge in [0, 0.05) is 10.9 Å². The van der Waals surface area contributed by atoms with Gasteiger partial charge < -0.3 is 10.4 Å². The van der Waals surface area contributed by atoms with Crippen molar-refractivity contribution in [1.29, 1.82) is 0 Å². The van der Waals surface area contributed by atoms with Crippen molar-refractivity contribution < 1.29 is 9.90 Å². The minimum absolute atomic E-state index is 0.224. The number of aliphatic hydroxyl groups is 1. The van der Waals surface area contributed by atoms with E-state index in [-0.39, 0.29) is 5.91 Å². The van der Waals surface area contributed by atoms with Crippen LogP contribution in [0.4, 0.5) is 0 Å². The van der Waals surface area contributed by atoms with Gasteiger partial charge in [-0.05, 0) is 31.0 Å². The number of aromatic nitrogens is 1. The van der Waals surface area contributed by atoms with Gasteiger partial charge in [0.1, 0.15) is 0 Å². The second-order valence-electron chi connectivity index (χ2n) is 7.45. The zero-order chi connectivity index (χ0) is 21.1. The predicted octanol–water partition coefficient (Wildman–Crippen LogP) is 5.06. The molecule has 0 aliphatic heterocycles. The van der Waals surface area contributed by atoms with E-state index in [1.54, 1.807) is 6.92 Å². The zero-order valence-electron chi connectivity index (χ0n) is 17.0. The van der Waals surface area contributed by atoms with Gasteiger partial charge in [-0.25, -0.2) is 4.98 Å². The van der Waals surface area contributed by atoms with Gasteiger partial charge in [-0.15, -0.1) is 0 Å². The quantitative estimate of drug-likeness (QED) is 0.495. The summed E-state index contributed by atoms with van der Waals surface area (Å²) in [5, 5.41) is 14.2. The van der Waals surface area contributed by atoms with Gasteiger partial charge in [0.15, 0.2) is 0 Å². The molecule has 1 aromatic heterocycles. The van der Waals surface area contributed by atoms with Crippen LogP contribution in [0.15, 0.2) is 84.9 Å². The number of rotatable bonds is 5. The highest BCUT2D eigenvalue weighted by atomic mass is 16.3. The first kappa shape index (κ1) is 19.8. The average Bonchev–Trinajstić information content (AvgIpc) is 2.78. The average molecular weight is 396 g/mol. The molecule has 0 unspecified atom stereocenters. The number of pyridine rings is 1. The molecule has 3 aromatic carbocycles. The molecular formula is C26H24N2O2. The smallest absolute Gasteiger partial charge is 0.252 e. The lowest BCUT2D eigenvalue weighted by atomic mass is 9.96. The molecule has 0 spiro atoms. The Bertz CT molecular complexity index is 1170. The Morgan fingerprint density at radius 2 is 1.50 bits per heavy atom. The molecule has 4 rings (SSSR count). The van der Waals surface area contributed by atoms with E-state index in [0.717, 1.165) is 33.3 Å². The largest absolute Gasteiger partial charge is 0.391 e. The third-order valence-corrected chi connectivity index (χ3v) is 5.34. The number of hydrogen-bond acceptors (Lipinski definition) is 3. The van der Waals surface area contributed by atoms with Crippen molar-refractivity contribution in [3.63, 3.8) is 0 Å². The number of carbonyl (C=O) groups is 1. The van der Waals surface area contributed by atoms with Crippen LogP contribution in [0.1, 0.15) is 34.5 Å². The van der Waals surface area contributed by atoms with Crippen LogP contribution < -0.4 is 5.32 Å². The van der Waals surface area contributed by atoms with Gasteiger partial charge in [0.2, 0.25) is 0 Å². The van der Waals surface area contributed by atoms with Crippen LogP contribution >= 0.6 is 0 Å². The lowest BCUT2D eigenvalue weighted by Gasteiger charge is -2.23. The Hall–Kier alpha value is -3.50. The number of carbonyl (C=O) groups excluding carboxylic acids is 1. The molecule has 0 aliphatic rings. The highest BCUT2D eigenvalue weighted by Crippen LogP contribution is 2.30. The van der Waals surface area contributed by atoms with Crippen LogP contribution in [0.3, 0.4) is 0 Å². The molecule has 0 fully saturated rings. The number of fused-ring (bicyclic) bond motifs is 1. The SMILES string of the molecule is Cc1c(-c2ccccc2)nc2ccccc2c1C(=O)N[C@@H](c1ccccc1)[C@@H](C)O. The van der Waals surface area contributed by atoms with E-state index < -0.39 is 12.1 Å². The van der Waals surface area contributed by atoms with Crippen LogP contribution in [0.5, 0.6) is 0 Å². The van der Waals surface area contributed by atoms with Crippen LogP contribution in [-0.2, 0) is 0 Å². The monoisotopic (exact) mass is 396 g/mol. The van der Waals surface area contributed by atoms with Crippen molar-refractivity contribution in [2.45, 2.75) is 26.0 Å². The maximum Gasteiger partial charge on any atom is 0.252 e. The van der Waals surface area contributed by atoms with E-state index in [4.69, 9.17) is 4.98 Å². The molecule has 0 saturated heterocycles. The summed E-state index contributed by atoms with van der Waals surface area (Å²) < 4.78 is 0. The molecule has 1 heterocycles. The fourth-order valence-corrected chi connectivity index (χ4v) is 3.83. The number of amides is 1. The summed E-state index contributed by atoms with van der Waals surface area (Å²) in [5.74, 6) is -0.224. The molecule has 2 atom stereocenters. The molecule has 1 amide bonds. The summed E-state index contributed by atoms with van der Waals surface area (Å²) in [4.78, 5) is 18.3. The van der Waals surface area contributed by atoms with E-state index in [2.05, 4.69) is 5.32 Å². The molecule has 0 saturated carbocycles. The third-order valence-electron chi connectivity index (χ3n) is 5.34. The molecule has 4 nitrogen and oxygen atoms in total. The summed E-state index contributed by atoms with van der Waals surface area (Å²) >= 11 is 0. The molecule has 2 N–H and O–H groups in total. The summed E-state index contributed by atoms with van der Waals surface area (Å²) in [7, 11) is 0. The normalized spacial score (nSPS) is 13.0. The lowest BCUT2D eigenvalue weighted by molar-refractivity contribution is 0.0859. The first-order valence-electron chi connectivity index (χ1n) is 10.0. The molecule has 0 bridgehead atoms. The number of benzene rings is 3. The number of hydrogen-bond donors (Lipinski definition) is 2. The van der Waals surface area contributed by atoms with E-state index >= 15 is 0 Å². The minimum atomic E-state index is -0.738. The fourth-order valence-electron chi connectivity index (χ4n) is 3.83. The Labute approximate surface area is 176 Å². The molecule has 30 heavy (non-hydrogen) atoms. The van der Waals surface area contributed by atoms with Crippen molar-refractivity contribution in [2.75, 3.05) is 0 Å². The van der Waals surface area contributed by atoms with Gasteiger partial charge in [-0.3, -0.25) is 4.79 Å². The van der Waals surface area contributed by atoms with Crippen molar-refractivity contribution >= 4 is 16.8 Å². The molecule has 0 radical (unpaired) electrons. The topological polar surface area (TPSA) is 62.2 Å². The van der Waals surface area contributed by atoms with Crippen LogP contribution in [0, 0.1) is 6.92 Å². The first-order valence-corrected chi connectivity index (χ1v) is 10.0. The van der Waals surface area contributed by atoms with Crippen LogP contribution in [0.2, 0.25) is 0 Å². The molecule has 4 heteroatoms. The van der Waals surface area contributed by atoms with Crippen molar-refractivity contribution in [3.8, 4) is 11.3 Å². The van der Waals surface area contributed by atoms with E-state index in [1.165, 1.54) is 0 Å². The number of nitrogens with one attached hydrogen (secondary N) is 1. The maximum absolute atomic E-state index is 13.5. The van der Waals surface area contributed by atoms with E-state index in [9.17, 15) is 9.90 Å². The van der Waals surface area contributed by atoms with Crippen molar-refractivity contribution in [2.24, 2.45) is 0 Å². The second-order valence-corrected chi connectivity index (χ2v) is 7.45. The Morgan fingerprint density at radius 1 is 0.900 bits per heavy atom. The Morgan fingerprint density at radius 3 is 2.17 bits per heavy atom. The Balaban J connectivity index is 1.83. The summed E-state index contributed by atoms with van der Waals surface area (Å²) in [6.07, 6.45) is -0.738. The molecule has 4 aromatic rings. The van der Waals surface area contributed by atoms with Gasteiger partial charge in [-0.1, -0.05) is 78.9 Å². The first-order chi connectivity index (χ1) is 14.6. The minimum Gasteiger partial charge on any atom is -0.391 e. The lowest BCUT2D eigenvalue weighted by Crippen LogP contribution is -2.35. The van der Waals surface area contributed by atoms with Crippen LogP contribution in [-0.4, -0.2) is 22.1 Å². The van der Waals surface area contributed by atoms with Gasteiger partial charge in [0.25, 0.3) is 5.91 Å². The number of aliphatic hydroxyl groups excluding tert-OH is 1. The summed E-state index contributed by atoms with van der Waals surface area (Å²) in [5.41, 5.74) is 4.77. The van der Waals surface area contributed by atoms with Gasteiger partial charge in [0.05, 0.1) is 28.9 Å². The maximum atomic E-state index is 13.5. The Kier molecular flexibility index (Phi) is 5.59. The summed E-state index contributed by atoms with van der Waals surface area (Å²) in [6.45, 7) is 3.61. The molecule has 0 aliphatic carbocycles. The fraction of sp³-hybridized carbons (Fsp3) is 0.154. The van der Waals surface area contributed by atoms with Crippen LogP contribution in [0.25, 0.3) is 22.2 Å². The second kappa shape index (κ2) is 8.47. The zero-order valence-corrected chi connectivity index (χ0v) is 17.0. The highest BCUT2D eigenvalue weighted by Gasteiger charge is 2.24. The highest BCUT2D eigenvalue weighted by molar-refractivity contribution is 6.09. The molecular weight excluding hydrogens is 372 g/mol. The van der Waals surface area contributed by atoms with E-state index in [1.807, 2.05) is 91.9 Å². The predicted molar refractivity (Wildman–Crippen MR) is 120 cm³/mol. The van der Waals surface area contributed by atoms with Gasteiger partial charge in [-0.2, -0.15) is 0 Å². The number of para-hydroxylation sites is 1. The third kappa shape index (κ3) is 3.82. The van der Waals surface area contributed by atoms with Crippen molar-refractivity contribution in [3.05, 3.63) is 102 Å². The molecule has 150 valence electrons. The van der Waals surface area contributed by atoms with Crippen molar-refractivity contribution in [1.82, 2.24) is 10.3 Å². The van der Waals surface area contributed by atoms with E-state index in [0.29, 0.717) is 5.56 Å².